The molecule has 0 aliphatic heterocycles. The molecule has 1 rings (SSSR count). The van der Waals surface area contributed by atoms with Gasteiger partial charge >= 0.3 is 0 Å². The van der Waals surface area contributed by atoms with Gasteiger partial charge in [-0.1, -0.05) is 11.6 Å². The zero-order chi connectivity index (χ0) is 12.1. The summed E-state index contributed by atoms with van der Waals surface area (Å²) in [6.45, 7) is 5.41. The first-order chi connectivity index (χ1) is 7.54. The molecule has 0 N–H and O–H groups in total. The lowest BCUT2D eigenvalue weighted by Crippen LogP contribution is -2.32. The zero-order valence-electron chi connectivity index (χ0n) is 9.51. The summed E-state index contributed by atoms with van der Waals surface area (Å²) < 4.78 is 13.5. The van der Waals surface area contributed by atoms with Crippen LogP contribution in [0.3, 0.4) is 0 Å². The summed E-state index contributed by atoms with van der Waals surface area (Å²) in [7, 11) is 0. The zero-order valence-corrected chi connectivity index (χ0v) is 11.0. The van der Waals surface area contributed by atoms with Crippen molar-refractivity contribution >= 4 is 23.2 Å². The van der Waals surface area contributed by atoms with Crippen molar-refractivity contribution in [2.75, 3.05) is 12.4 Å². The highest BCUT2D eigenvalue weighted by Crippen LogP contribution is 2.17. The Morgan fingerprint density at radius 1 is 1.38 bits per heavy atom. The van der Waals surface area contributed by atoms with Crippen molar-refractivity contribution in [3.63, 3.8) is 0 Å². The largest absolute Gasteiger partial charge is 0.295 e. The Kier molecular flexibility index (Phi) is 5.53. The van der Waals surface area contributed by atoms with Crippen molar-refractivity contribution in [2.24, 2.45) is 0 Å². The molecule has 0 radical (unpaired) electrons. The fourth-order valence-electron chi connectivity index (χ4n) is 1.51. The van der Waals surface area contributed by atoms with E-state index in [4.69, 9.17) is 23.2 Å². The van der Waals surface area contributed by atoms with E-state index in [0.717, 1.165) is 6.54 Å². The average molecular weight is 264 g/mol. The maximum atomic E-state index is 13.5. The lowest BCUT2D eigenvalue weighted by atomic mass is 10.2. The normalized spacial score (nSPS) is 11.4. The van der Waals surface area contributed by atoms with Gasteiger partial charge in [0.05, 0.1) is 0 Å². The van der Waals surface area contributed by atoms with Gasteiger partial charge in [0.1, 0.15) is 5.82 Å². The van der Waals surface area contributed by atoms with Crippen LogP contribution in [0.15, 0.2) is 18.2 Å². The lowest BCUT2D eigenvalue weighted by molar-refractivity contribution is 0.223. The van der Waals surface area contributed by atoms with Crippen LogP contribution in [0.4, 0.5) is 4.39 Å². The Labute approximate surface area is 106 Å². The Morgan fingerprint density at radius 2 is 2.06 bits per heavy atom. The van der Waals surface area contributed by atoms with E-state index >= 15 is 0 Å². The van der Waals surface area contributed by atoms with Gasteiger partial charge in [-0.05, 0) is 32.0 Å². The van der Waals surface area contributed by atoms with Crippen LogP contribution in [0.25, 0.3) is 0 Å². The van der Waals surface area contributed by atoms with E-state index < -0.39 is 0 Å². The monoisotopic (exact) mass is 263 g/mol. The third kappa shape index (κ3) is 3.93. The van der Waals surface area contributed by atoms with Crippen LogP contribution in [0.5, 0.6) is 0 Å². The molecule has 0 bridgehead atoms. The van der Waals surface area contributed by atoms with Crippen molar-refractivity contribution in [1.82, 2.24) is 4.90 Å². The van der Waals surface area contributed by atoms with Gasteiger partial charge in [0, 0.05) is 35.6 Å². The molecule has 0 fully saturated rings. The molecule has 0 unspecified atom stereocenters. The molecule has 1 aromatic rings. The molecule has 16 heavy (non-hydrogen) atoms. The van der Waals surface area contributed by atoms with Crippen LogP contribution in [0, 0.1) is 5.82 Å². The van der Waals surface area contributed by atoms with Gasteiger partial charge in [0.15, 0.2) is 0 Å². The molecule has 0 atom stereocenters. The van der Waals surface area contributed by atoms with Crippen molar-refractivity contribution < 1.29 is 4.39 Å². The third-order valence-corrected chi connectivity index (χ3v) is 2.89. The summed E-state index contributed by atoms with van der Waals surface area (Å²) in [6, 6.07) is 4.95. The molecule has 0 aromatic heterocycles. The summed E-state index contributed by atoms with van der Waals surface area (Å²) in [5, 5.41) is 0.561. The third-order valence-electron chi connectivity index (χ3n) is 2.48. The highest BCUT2D eigenvalue weighted by atomic mass is 35.5. The first-order valence-corrected chi connectivity index (χ1v) is 6.19. The fraction of sp³-hybridized carbons (Fsp3) is 0.500. The van der Waals surface area contributed by atoms with Crippen LogP contribution in [0.1, 0.15) is 19.4 Å². The predicted octanol–water partition coefficient (Wildman–Crippen LogP) is 3.93. The number of benzene rings is 1. The topological polar surface area (TPSA) is 3.24 Å². The molecule has 90 valence electrons. The summed E-state index contributed by atoms with van der Waals surface area (Å²) in [5.74, 6) is 0.324. The van der Waals surface area contributed by atoms with Crippen molar-refractivity contribution in [3.8, 4) is 0 Å². The SMILES string of the molecule is CC(C)N(CCCl)Cc1cc(Cl)ccc1F. The van der Waals surface area contributed by atoms with Gasteiger partial charge in [-0.2, -0.15) is 0 Å². The molecule has 0 saturated carbocycles. The van der Waals surface area contributed by atoms with Crippen molar-refractivity contribution in [1.29, 1.82) is 0 Å². The smallest absolute Gasteiger partial charge is 0.127 e. The molecular formula is C12H16Cl2FN. The highest BCUT2D eigenvalue weighted by Gasteiger charge is 2.12. The fourth-order valence-corrected chi connectivity index (χ4v) is 1.92. The second kappa shape index (κ2) is 6.43. The minimum absolute atomic E-state index is 0.218. The van der Waals surface area contributed by atoms with E-state index in [0.29, 0.717) is 29.1 Å². The molecule has 4 heteroatoms. The molecule has 0 aliphatic carbocycles. The van der Waals surface area contributed by atoms with E-state index in [2.05, 4.69) is 18.7 Å². The van der Waals surface area contributed by atoms with Crippen LogP contribution in [-0.2, 0) is 6.54 Å². The first-order valence-electron chi connectivity index (χ1n) is 5.28. The average Bonchev–Trinajstić information content (AvgIpc) is 2.22. The van der Waals surface area contributed by atoms with Gasteiger partial charge in [-0.15, -0.1) is 11.6 Å². The maximum Gasteiger partial charge on any atom is 0.127 e. The standard InChI is InChI=1S/C12H16Cl2FN/c1-9(2)16(6-5-13)8-10-7-11(14)3-4-12(10)15/h3-4,7,9H,5-6,8H2,1-2H3. The second-order valence-corrected chi connectivity index (χ2v) is 4.80. The summed E-state index contributed by atoms with van der Waals surface area (Å²) in [4.78, 5) is 2.11. The van der Waals surface area contributed by atoms with Gasteiger partial charge < -0.3 is 0 Å². The number of hydrogen-bond acceptors (Lipinski definition) is 1. The summed E-state index contributed by atoms with van der Waals surface area (Å²) in [6.07, 6.45) is 0. The summed E-state index contributed by atoms with van der Waals surface area (Å²) >= 11 is 11.6. The minimum Gasteiger partial charge on any atom is -0.295 e. The van der Waals surface area contributed by atoms with E-state index in [9.17, 15) is 4.39 Å². The number of nitrogens with zero attached hydrogens (tertiary/aromatic N) is 1. The van der Waals surface area contributed by atoms with Crippen molar-refractivity contribution in [2.45, 2.75) is 26.4 Å². The van der Waals surface area contributed by atoms with Gasteiger partial charge in [0.2, 0.25) is 0 Å². The van der Waals surface area contributed by atoms with Gasteiger partial charge in [0.25, 0.3) is 0 Å². The molecule has 1 nitrogen and oxygen atoms in total. The molecular weight excluding hydrogens is 248 g/mol. The van der Waals surface area contributed by atoms with Gasteiger partial charge in [-0.25, -0.2) is 4.39 Å². The Balaban J connectivity index is 2.80. The van der Waals surface area contributed by atoms with E-state index in [1.807, 2.05) is 0 Å². The second-order valence-electron chi connectivity index (χ2n) is 3.99. The van der Waals surface area contributed by atoms with Crippen LogP contribution in [-0.4, -0.2) is 23.4 Å². The first kappa shape index (κ1) is 13.8. The Morgan fingerprint density at radius 3 is 2.62 bits per heavy atom. The highest BCUT2D eigenvalue weighted by molar-refractivity contribution is 6.30. The van der Waals surface area contributed by atoms with Crippen molar-refractivity contribution in [3.05, 3.63) is 34.6 Å². The number of hydrogen-bond donors (Lipinski definition) is 0. The molecule has 0 spiro atoms. The minimum atomic E-state index is -0.218. The lowest BCUT2D eigenvalue weighted by Gasteiger charge is -2.25. The number of halogens is 3. The number of rotatable bonds is 5. The predicted molar refractivity (Wildman–Crippen MR) is 67.7 cm³/mol. The Bertz CT molecular complexity index is 342. The quantitative estimate of drug-likeness (QED) is 0.728. The maximum absolute atomic E-state index is 13.5. The van der Waals surface area contributed by atoms with Crippen LogP contribution in [0.2, 0.25) is 5.02 Å². The van der Waals surface area contributed by atoms with E-state index in [1.165, 1.54) is 6.07 Å². The molecule has 1 aromatic carbocycles. The summed E-state index contributed by atoms with van der Waals surface area (Å²) in [5.41, 5.74) is 0.617. The molecule has 0 saturated heterocycles. The number of alkyl halides is 1. The Hall–Kier alpha value is -0.310. The van der Waals surface area contributed by atoms with E-state index in [1.54, 1.807) is 12.1 Å². The molecule has 0 aliphatic rings. The van der Waals surface area contributed by atoms with Crippen LogP contribution >= 0.6 is 23.2 Å². The molecule has 0 heterocycles. The van der Waals surface area contributed by atoms with Gasteiger partial charge in [-0.3, -0.25) is 4.90 Å². The van der Waals surface area contributed by atoms with Crippen LogP contribution < -0.4 is 0 Å². The van der Waals surface area contributed by atoms with E-state index in [-0.39, 0.29) is 5.82 Å². The molecule has 0 amide bonds.